The van der Waals surface area contributed by atoms with E-state index in [1.54, 1.807) is 0 Å². The molecule has 3 rings (SSSR count). The number of thioether (sulfide) groups is 1. The number of anilines is 1. The molecule has 1 saturated carbocycles. The third kappa shape index (κ3) is 4.43. The highest BCUT2D eigenvalue weighted by Gasteiger charge is 2.33. The molecular weight excluding hydrogens is 344 g/mol. The Labute approximate surface area is 160 Å². The lowest BCUT2D eigenvalue weighted by atomic mass is 9.69. The van der Waals surface area contributed by atoms with Crippen LogP contribution in [0.2, 0.25) is 0 Å². The van der Waals surface area contributed by atoms with Crippen molar-refractivity contribution in [3.8, 4) is 0 Å². The van der Waals surface area contributed by atoms with Gasteiger partial charge < -0.3 is 10.6 Å². The Bertz CT molecular complexity index is 666. The number of carbonyl (C=O) groups is 2. The molecule has 142 valence electrons. The maximum absolute atomic E-state index is 12.5. The van der Waals surface area contributed by atoms with E-state index >= 15 is 0 Å². The van der Waals surface area contributed by atoms with Gasteiger partial charge in [-0.25, -0.2) is 0 Å². The van der Waals surface area contributed by atoms with Crippen molar-refractivity contribution in [1.82, 2.24) is 5.32 Å². The van der Waals surface area contributed by atoms with Gasteiger partial charge in [-0.3, -0.25) is 9.59 Å². The molecule has 1 aliphatic carbocycles. The van der Waals surface area contributed by atoms with Crippen LogP contribution in [0.25, 0.3) is 0 Å². The van der Waals surface area contributed by atoms with Gasteiger partial charge >= 0.3 is 0 Å². The Morgan fingerprint density at radius 3 is 2.62 bits per heavy atom. The Balaban J connectivity index is 1.49. The molecule has 2 amide bonds. The predicted octanol–water partition coefficient (Wildman–Crippen LogP) is 4.60. The number of amides is 2. The fourth-order valence-electron chi connectivity index (χ4n) is 3.99. The van der Waals surface area contributed by atoms with Gasteiger partial charge in [-0.05, 0) is 49.1 Å². The standard InChI is InChI=1S/C21H30N2O2S/c1-4-21(2,3)14-9-11-15(12-10-14)22-19(24)13-18-20(25)23-16-7-5-6-8-17(16)26-18/h5-8,14-15,18H,4,9-13H2,1-3H3,(H,22,24)(H,23,25)/t14?,15?,18-/m1/s1. The second kappa shape index (κ2) is 8.03. The highest BCUT2D eigenvalue weighted by molar-refractivity contribution is 8.01. The number of benzene rings is 1. The first kappa shape index (κ1) is 19.3. The summed E-state index contributed by atoms with van der Waals surface area (Å²) in [4.78, 5) is 25.8. The largest absolute Gasteiger partial charge is 0.353 e. The van der Waals surface area contributed by atoms with Crippen LogP contribution in [0, 0.1) is 11.3 Å². The number of fused-ring (bicyclic) bond motifs is 1. The van der Waals surface area contributed by atoms with Gasteiger partial charge in [0.1, 0.15) is 0 Å². The fourth-order valence-corrected chi connectivity index (χ4v) is 5.10. The molecular formula is C21H30N2O2S. The maximum atomic E-state index is 12.5. The summed E-state index contributed by atoms with van der Waals surface area (Å²) in [5.74, 6) is 0.671. The van der Waals surface area contributed by atoms with E-state index in [0.717, 1.165) is 29.3 Å². The second-order valence-corrected chi connectivity index (χ2v) is 9.50. The molecule has 2 N–H and O–H groups in total. The molecule has 0 spiro atoms. The van der Waals surface area contributed by atoms with Crippen LogP contribution in [0.15, 0.2) is 29.2 Å². The second-order valence-electron chi connectivity index (χ2n) is 8.25. The molecule has 5 heteroatoms. The molecule has 4 nitrogen and oxygen atoms in total. The van der Waals surface area contributed by atoms with Crippen LogP contribution in [0.5, 0.6) is 0 Å². The van der Waals surface area contributed by atoms with E-state index in [1.165, 1.54) is 31.0 Å². The Morgan fingerprint density at radius 2 is 1.92 bits per heavy atom. The third-order valence-electron chi connectivity index (χ3n) is 6.19. The van der Waals surface area contributed by atoms with Crippen molar-refractivity contribution in [2.24, 2.45) is 11.3 Å². The zero-order chi connectivity index (χ0) is 18.7. The van der Waals surface area contributed by atoms with Gasteiger partial charge in [0.25, 0.3) is 0 Å². The summed E-state index contributed by atoms with van der Waals surface area (Å²) in [5, 5.41) is 5.73. The topological polar surface area (TPSA) is 58.2 Å². The molecule has 26 heavy (non-hydrogen) atoms. The Morgan fingerprint density at radius 1 is 1.23 bits per heavy atom. The van der Waals surface area contributed by atoms with Crippen LogP contribution < -0.4 is 10.6 Å². The molecule has 0 saturated heterocycles. The van der Waals surface area contributed by atoms with Gasteiger partial charge in [0.2, 0.25) is 11.8 Å². The third-order valence-corrected chi connectivity index (χ3v) is 7.46. The average Bonchev–Trinajstić information content (AvgIpc) is 2.63. The number of carbonyl (C=O) groups excluding carboxylic acids is 2. The number of hydrogen-bond acceptors (Lipinski definition) is 3. The van der Waals surface area contributed by atoms with Gasteiger partial charge in [0, 0.05) is 17.4 Å². The zero-order valence-electron chi connectivity index (χ0n) is 16.0. The lowest BCUT2D eigenvalue weighted by Gasteiger charge is -2.39. The van der Waals surface area contributed by atoms with Crippen molar-refractivity contribution in [3.05, 3.63) is 24.3 Å². The molecule has 2 aliphatic rings. The fraction of sp³-hybridized carbons (Fsp3) is 0.619. The first-order chi connectivity index (χ1) is 12.4. The summed E-state index contributed by atoms with van der Waals surface area (Å²) in [5.41, 5.74) is 1.23. The van der Waals surface area contributed by atoms with Crippen molar-refractivity contribution in [1.29, 1.82) is 0 Å². The Kier molecular flexibility index (Phi) is 5.96. The van der Waals surface area contributed by atoms with Crippen molar-refractivity contribution >= 4 is 29.3 Å². The number of hydrogen-bond donors (Lipinski definition) is 2. The van der Waals surface area contributed by atoms with Crippen molar-refractivity contribution in [2.75, 3.05) is 5.32 Å². The molecule has 1 aliphatic heterocycles. The van der Waals surface area contributed by atoms with Crippen LogP contribution in [-0.4, -0.2) is 23.1 Å². The van der Waals surface area contributed by atoms with Crippen molar-refractivity contribution in [2.45, 2.75) is 75.5 Å². The molecule has 1 fully saturated rings. The molecule has 0 aromatic heterocycles. The smallest absolute Gasteiger partial charge is 0.238 e. The molecule has 1 heterocycles. The van der Waals surface area contributed by atoms with Crippen LogP contribution in [0.1, 0.15) is 59.3 Å². The van der Waals surface area contributed by atoms with E-state index in [1.807, 2.05) is 24.3 Å². The summed E-state index contributed by atoms with van der Waals surface area (Å²) in [6.07, 6.45) is 5.89. The summed E-state index contributed by atoms with van der Waals surface area (Å²) in [6.45, 7) is 6.97. The quantitative estimate of drug-likeness (QED) is 0.792. The van der Waals surface area contributed by atoms with Gasteiger partial charge in [-0.2, -0.15) is 0 Å². The highest BCUT2D eigenvalue weighted by atomic mass is 32.2. The number of para-hydroxylation sites is 1. The minimum absolute atomic E-state index is 0.00441. The monoisotopic (exact) mass is 374 g/mol. The molecule has 1 aromatic rings. The van der Waals surface area contributed by atoms with Gasteiger partial charge in [0.05, 0.1) is 10.9 Å². The summed E-state index contributed by atoms with van der Waals surface area (Å²) in [7, 11) is 0. The van der Waals surface area contributed by atoms with Crippen molar-refractivity contribution < 1.29 is 9.59 Å². The molecule has 0 bridgehead atoms. The first-order valence-electron chi connectivity index (χ1n) is 9.75. The lowest BCUT2D eigenvalue weighted by Crippen LogP contribution is -2.42. The van der Waals surface area contributed by atoms with E-state index in [0.29, 0.717) is 5.41 Å². The van der Waals surface area contributed by atoms with Crippen LogP contribution in [-0.2, 0) is 9.59 Å². The molecule has 0 unspecified atom stereocenters. The molecule has 0 radical (unpaired) electrons. The van der Waals surface area contributed by atoms with Crippen LogP contribution in [0.3, 0.4) is 0 Å². The van der Waals surface area contributed by atoms with E-state index in [4.69, 9.17) is 0 Å². The molecule has 1 atom stereocenters. The maximum Gasteiger partial charge on any atom is 0.238 e. The minimum atomic E-state index is -0.347. The SMILES string of the molecule is CCC(C)(C)C1CCC(NC(=O)C[C@H]2Sc3ccccc3NC2=O)CC1. The normalized spacial score (nSPS) is 26.0. The Hall–Kier alpha value is -1.49. The average molecular weight is 375 g/mol. The number of rotatable bonds is 5. The summed E-state index contributed by atoms with van der Waals surface area (Å²) in [6, 6.07) is 8.00. The van der Waals surface area contributed by atoms with E-state index in [9.17, 15) is 9.59 Å². The van der Waals surface area contributed by atoms with E-state index in [2.05, 4.69) is 31.4 Å². The summed E-state index contributed by atoms with van der Waals surface area (Å²) >= 11 is 1.49. The van der Waals surface area contributed by atoms with Crippen molar-refractivity contribution in [3.63, 3.8) is 0 Å². The van der Waals surface area contributed by atoms with Gasteiger partial charge in [0.15, 0.2) is 0 Å². The van der Waals surface area contributed by atoms with Gasteiger partial charge in [-0.1, -0.05) is 39.3 Å². The zero-order valence-corrected chi connectivity index (χ0v) is 16.8. The minimum Gasteiger partial charge on any atom is -0.353 e. The van der Waals surface area contributed by atoms with Crippen LogP contribution in [0.4, 0.5) is 5.69 Å². The summed E-state index contributed by atoms with van der Waals surface area (Å²) < 4.78 is 0. The lowest BCUT2D eigenvalue weighted by molar-refractivity contribution is -0.124. The van der Waals surface area contributed by atoms with Gasteiger partial charge in [-0.15, -0.1) is 11.8 Å². The molecule has 1 aromatic carbocycles. The van der Waals surface area contributed by atoms with Crippen LogP contribution >= 0.6 is 11.8 Å². The predicted molar refractivity (Wildman–Crippen MR) is 107 cm³/mol. The first-order valence-corrected chi connectivity index (χ1v) is 10.6. The highest BCUT2D eigenvalue weighted by Crippen LogP contribution is 2.40. The number of nitrogens with one attached hydrogen (secondary N) is 2. The van der Waals surface area contributed by atoms with E-state index in [-0.39, 0.29) is 29.5 Å². The van der Waals surface area contributed by atoms with E-state index < -0.39 is 0 Å².